The molecule has 1 heterocycles. The first-order valence-electron chi connectivity index (χ1n) is 6.48. The highest BCUT2D eigenvalue weighted by Crippen LogP contribution is 2.16. The molecule has 0 fully saturated rings. The molecule has 2 rings (SSSR count). The summed E-state index contributed by atoms with van der Waals surface area (Å²) in [5, 5.41) is 2.74. The predicted octanol–water partition coefficient (Wildman–Crippen LogP) is 2.42. The molecule has 5 nitrogen and oxygen atoms in total. The molecule has 1 aromatic carbocycles. The molecule has 0 saturated carbocycles. The minimum absolute atomic E-state index is 0. The SMILES string of the molecule is COC(CNC(=O)c1coc(CN)c1)c1ccc(F)cc1.Cl. The van der Waals surface area contributed by atoms with Crippen molar-refractivity contribution in [1.82, 2.24) is 5.32 Å². The summed E-state index contributed by atoms with van der Waals surface area (Å²) in [5.74, 6) is -0.0464. The topological polar surface area (TPSA) is 77.5 Å². The zero-order valence-corrected chi connectivity index (χ0v) is 12.9. The first kappa shape index (κ1) is 18.2. The molecule has 3 N–H and O–H groups in total. The van der Waals surface area contributed by atoms with Crippen molar-refractivity contribution in [1.29, 1.82) is 0 Å². The van der Waals surface area contributed by atoms with Crippen LogP contribution in [0.15, 0.2) is 41.0 Å². The maximum atomic E-state index is 12.9. The third kappa shape index (κ3) is 4.56. The van der Waals surface area contributed by atoms with Crippen LogP contribution in [0.25, 0.3) is 0 Å². The van der Waals surface area contributed by atoms with Crippen molar-refractivity contribution >= 4 is 18.3 Å². The standard InChI is InChI=1S/C15H17FN2O3.ClH/c1-20-14(10-2-4-12(16)5-3-10)8-18-15(19)11-6-13(7-17)21-9-11;/h2-6,9,14H,7-8,17H2,1H3,(H,18,19);1H. The van der Waals surface area contributed by atoms with Gasteiger partial charge in [-0.25, -0.2) is 4.39 Å². The lowest BCUT2D eigenvalue weighted by molar-refractivity contribution is 0.0827. The Labute approximate surface area is 134 Å². The monoisotopic (exact) mass is 328 g/mol. The lowest BCUT2D eigenvalue weighted by atomic mass is 10.1. The van der Waals surface area contributed by atoms with E-state index < -0.39 is 0 Å². The second kappa shape index (κ2) is 8.53. The molecule has 0 spiro atoms. The molecule has 1 unspecified atom stereocenters. The Morgan fingerprint density at radius 2 is 2.09 bits per heavy atom. The molecule has 7 heteroatoms. The summed E-state index contributed by atoms with van der Waals surface area (Å²) in [6.45, 7) is 0.508. The molecule has 1 amide bonds. The summed E-state index contributed by atoms with van der Waals surface area (Å²) in [6, 6.07) is 7.55. The molecule has 1 aromatic heterocycles. The first-order valence-corrected chi connectivity index (χ1v) is 6.48. The van der Waals surface area contributed by atoms with Crippen LogP contribution in [0.5, 0.6) is 0 Å². The summed E-state index contributed by atoms with van der Waals surface area (Å²) >= 11 is 0. The Bertz CT molecular complexity index is 601. The van der Waals surface area contributed by atoms with E-state index in [9.17, 15) is 9.18 Å². The largest absolute Gasteiger partial charge is 0.467 e. The average Bonchev–Trinajstić information content (AvgIpc) is 2.98. The molecular formula is C15H18ClFN2O3. The van der Waals surface area contributed by atoms with Crippen LogP contribution in [-0.4, -0.2) is 19.6 Å². The number of benzene rings is 1. The van der Waals surface area contributed by atoms with Gasteiger partial charge in [-0.15, -0.1) is 12.4 Å². The number of hydrogen-bond acceptors (Lipinski definition) is 4. The van der Waals surface area contributed by atoms with Crippen LogP contribution in [0, 0.1) is 5.82 Å². The van der Waals surface area contributed by atoms with Crippen molar-refractivity contribution in [3.63, 3.8) is 0 Å². The molecular weight excluding hydrogens is 311 g/mol. The van der Waals surface area contributed by atoms with Gasteiger partial charge in [-0.05, 0) is 23.8 Å². The summed E-state index contributed by atoms with van der Waals surface area (Å²) < 4.78 is 23.3. The molecule has 22 heavy (non-hydrogen) atoms. The number of nitrogens with one attached hydrogen (secondary N) is 1. The van der Waals surface area contributed by atoms with Gasteiger partial charge in [-0.1, -0.05) is 12.1 Å². The number of ether oxygens (including phenoxy) is 1. The number of carbonyl (C=O) groups is 1. The fourth-order valence-corrected chi connectivity index (χ4v) is 1.91. The summed E-state index contributed by atoms with van der Waals surface area (Å²) in [7, 11) is 1.53. The van der Waals surface area contributed by atoms with Gasteiger partial charge < -0.3 is 20.2 Å². The van der Waals surface area contributed by atoms with Crippen molar-refractivity contribution < 1.29 is 18.3 Å². The summed E-state index contributed by atoms with van der Waals surface area (Å²) in [5.41, 5.74) is 6.61. The van der Waals surface area contributed by atoms with E-state index in [-0.39, 0.29) is 43.3 Å². The Balaban J connectivity index is 0.00000242. The van der Waals surface area contributed by atoms with Crippen LogP contribution in [0.2, 0.25) is 0 Å². The predicted molar refractivity (Wildman–Crippen MR) is 82.3 cm³/mol. The number of amides is 1. The molecule has 120 valence electrons. The number of rotatable bonds is 6. The summed E-state index contributed by atoms with van der Waals surface area (Å²) in [4.78, 5) is 12.0. The molecule has 2 aromatic rings. The fraction of sp³-hybridized carbons (Fsp3) is 0.267. The lowest BCUT2D eigenvalue weighted by Crippen LogP contribution is -2.28. The normalized spacial score (nSPS) is 11.6. The minimum Gasteiger partial charge on any atom is -0.467 e. The Kier molecular flexibility index (Phi) is 7.04. The van der Waals surface area contributed by atoms with E-state index in [1.165, 1.54) is 25.5 Å². The number of furan rings is 1. The van der Waals surface area contributed by atoms with Crippen molar-refractivity contribution in [2.24, 2.45) is 5.73 Å². The number of carbonyl (C=O) groups excluding carboxylic acids is 1. The van der Waals surface area contributed by atoms with Crippen molar-refractivity contribution in [3.05, 3.63) is 59.3 Å². The summed E-state index contributed by atoms with van der Waals surface area (Å²) in [6.07, 6.45) is 1.01. The van der Waals surface area contributed by atoms with Gasteiger partial charge >= 0.3 is 0 Å². The van der Waals surface area contributed by atoms with E-state index in [0.717, 1.165) is 5.56 Å². The lowest BCUT2D eigenvalue weighted by Gasteiger charge is -2.16. The molecule has 0 aliphatic heterocycles. The highest BCUT2D eigenvalue weighted by atomic mass is 35.5. The zero-order valence-electron chi connectivity index (χ0n) is 12.0. The number of methoxy groups -OCH3 is 1. The van der Waals surface area contributed by atoms with Crippen molar-refractivity contribution in [3.8, 4) is 0 Å². The number of halogens is 2. The quantitative estimate of drug-likeness (QED) is 0.853. The van der Waals surface area contributed by atoms with Gasteiger partial charge in [0, 0.05) is 13.7 Å². The Hall–Kier alpha value is -1.89. The van der Waals surface area contributed by atoms with Crippen molar-refractivity contribution in [2.75, 3.05) is 13.7 Å². The Morgan fingerprint density at radius 1 is 1.41 bits per heavy atom. The Morgan fingerprint density at radius 3 is 2.64 bits per heavy atom. The molecule has 0 bridgehead atoms. The second-order valence-electron chi connectivity index (χ2n) is 4.49. The van der Waals surface area contributed by atoms with E-state index in [0.29, 0.717) is 11.3 Å². The van der Waals surface area contributed by atoms with Crippen LogP contribution in [-0.2, 0) is 11.3 Å². The minimum atomic E-state index is -0.351. The zero-order chi connectivity index (χ0) is 15.2. The smallest absolute Gasteiger partial charge is 0.254 e. The van der Waals surface area contributed by atoms with Gasteiger partial charge in [-0.3, -0.25) is 4.79 Å². The second-order valence-corrected chi connectivity index (χ2v) is 4.49. The highest BCUT2D eigenvalue weighted by Gasteiger charge is 2.14. The first-order chi connectivity index (χ1) is 10.1. The van der Waals surface area contributed by atoms with E-state index in [1.807, 2.05) is 0 Å². The number of nitrogens with two attached hydrogens (primary N) is 1. The van der Waals surface area contributed by atoms with Crippen LogP contribution in [0.1, 0.15) is 27.8 Å². The van der Waals surface area contributed by atoms with E-state index >= 15 is 0 Å². The highest BCUT2D eigenvalue weighted by molar-refractivity contribution is 5.93. The van der Waals surface area contributed by atoms with Crippen LogP contribution in [0.4, 0.5) is 4.39 Å². The van der Waals surface area contributed by atoms with Gasteiger partial charge in [0.2, 0.25) is 0 Å². The van der Waals surface area contributed by atoms with Gasteiger partial charge in [0.15, 0.2) is 0 Å². The van der Waals surface area contributed by atoms with Gasteiger partial charge in [0.05, 0.1) is 18.2 Å². The number of hydrogen-bond donors (Lipinski definition) is 2. The average molecular weight is 329 g/mol. The van der Waals surface area contributed by atoms with E-state index in [2.05, 4.69) is 5.32 Å². The van der Waals surface area contributed by atoms with Gasteiger partial charge in [0.1, 0.15) is 17.8 Å². The van der Waals surface area contributed by atoms with Crippen LogP contribution in [0.3, 0.4) is 0 Å². The third-order valence-corrected chi connectivity index (χ3v) is 3.09. The molecule has 0 aliphatic rings. The van der Waals surface area contributed by atoms with Gasteiger partial charge in [0.25, 0.3) is 5.91 Å². The maximum Gasteiger partial charge on any atom is 0.254 e. The molecule has 0 radical (unpaired) electrons. The van der Waals surface area contributed by atoms with Crippen LogP contribution >= 0.6 is 12.4 Å². The third-order valence-electron chi connectivity index (χ3n) is 3.09. The van der Waals surface area contributed by atoms with Gasteiger partial charge in [-0.2, -0.15) is 0 Å². The van der Waals surface area contributed by atoms with E-state index in [1.54, 1.807) is 18.2 Å². The van der Waals surface area contributed by atoms with Crippen molar-refractivity contribution in [2.45, 2.75) is 12.6 Å². The molecule has 0 aliphatic carbocycles. The molecule has 0 saturated heterocycles. The molecule has 1 atom stereocenters. The van der Waals surface area contributed by atoms with E-state index in [4.69, 9.17) is 14.9 Å². The fourth-order valence-electron chi connectivity index (χ4n) is 1.91. The maximum absolute atomic E-state index is 12.9. The van der Waals surface area contributed by atoms with Crippen LogP contribution < -0.4 is 11.1 Å².